The number of hydrogen-bond acceptors (Lipinski definition) is 3. The average molecular weight is 213 g/mol. The molecule has 2 aromatic heterocycles. The van der Waals surface area contributed by atoms with Gasteiger partial charge in [0, 0.05) is 42.1 Å². The summed E-state index contributed by atoms with van der Waals surface area (Å²) in [6, 6.07) is 2.03. The Bertz CT molecular complexity index is 484. The summed E-state index contributed by atoms with van der Waals surface area (Å²) in [5.41, 5.74) is 1.35. The summed E-state index contributed by atoms with van der Waals surface area (Å²) < 4.78 is 0. The van der Waals surface area contributed by atoms with Gasteiger partial charge in [-0.3, -0.25) is 9.97 Å². The molecule has 16 heavy (non-hydrogen) atoms. The minimum absolute atomic E-state index is 0.592. The first-order chi connectivity index (χ1) is 7.95. The molecule has 1 N–H and O–H groups in total. The first-order valence-electron chi connectivity index (χ1n) is 5.83. The molecular weight excluding hydrogens is 198 g/mol. The second-order valence-corrected chi connectivity index (χ2v) is 4.37. The minimum Gasteiger partial charge on any atom is -0.316 e. The number of rotatable bonds is 1. The number of aromatic nitrogens is 2. The van der Waals surface area contributed by atoms with Crippen molar-refractivity contribution in [3.05, 3.63) is 36.4 Å². The van der Waals surface area contributed by atoms with Crippen LogP contribution in [-0.2, 0) is 0 Å². The maximum atomic E-state index is 4.33. The quantitative estimate of drug-likeness (QED) is 0.788. The number of pyridine rings is 2. The molecule has 0 spiro atoms. The van der Waals surface area contributed by atoms with E-state index in [1.807, 2.05) is 30.9 Å². The van der Waals surface area contributed by atoms with Gasteiger partial charge in [0.25, 0.3) is 0 Å². The summed E-state index contributed by atoms with van der Waals surface area (Å²) >= 11 is 0. The summed E-state index contributed by atoms with van der Waals surface area (Å²) in [6.45, 7) is 2.21. The fraction of sp³-hybridized carbons (Fsp3) is 0.385. The van der Waals surface area contributed by atoms with Gasteiger partial charge in [0.05, 0.1) is 0 Å². The van der Waals surface area contributed by atoms with Gasteiger partial charge in [-0.2, -0.15) is 0 Å². The Balaban J connectivity index is 2.08. The highest BCUT2D eigenvalue weighted by atomic mass is 14.9. The standard InChI is InChI=1S/C13H15N3/c1-2-10(6-14-4-1)13-9-16-7-11-3-5-15-8-12(11)13/h3,5,7-10,14H,1-2,4,6H2. The molecule has 0 aromatic carbocycles. The number of nitrogens with zero attached hydrogens (tertiary/aromatic N) is 2. The average Bonchev–Trinajstić information content (AvgIpc) is 2.39. The van der Waals surface area contributed by atoms with E-state index in [9.17, 15) is 0 Å². The number of nitrogens with one attached hydrogen (secondary N) is 1. The van der Waals surface area contributed by atoms with Crippen LogP contribution in [0.2, 0.25) is 0 Å². The SMILES string of the molecule is c1cc2cncc(C3CCCNC3)c2cn1. The second-order valence-electron chi connectivity index (χ2n) is 4.37. The molecule has 3 heterocycles. The maximum Gasteiger partial charge on any atom is 0.0350 e. The molecule has 1 saturated heterocycles. The molecule has 3 heteroatoms. The van der Waals surface area contributed by atoms with Crippen LogP contribution in [0.4, 0.5) is 0 Å². The highest BCUT2D eigenvalue weighted by molar-refractivity contribution is 5.84. The fourth-order valence-electron chi connectivity index (χ4n) is 2.47. The molecule has 1 fully saturated rings. The summed E-state index contributed by atoms with van der Waals surface area (Å²) in [5, 5.41) is 5.90. The first-order valence-corrected chi connectivity index (χ1v) is 5.83. The summed E-state index contributed by atoms with van der Waals surface area (Å²) in [6.07, 6.45) is 10.2. The molecule has 3 rings (SSSR count). The molecule has 0 amide bonds. The predicted octanol–water partition coefficient (Wildman–Crippen LogP) is 2.10. The first kappa shape index (κ1) is 9.73. The van der Waals surface area contributed by atoms with Crippen molar-refractivity contribution in [2.24, 2.45) is 0 Å². The number of fused-ring (bicyclic) bond motifs is 1. The molecule has 1 atom stereocenters. The predicted molar refractivity (Wildman–Crippen MR) is 64.4 cm³/mol. The smallest absolute Gasteiger partial charge is 0.0350 e. The Labute approximate surface area is 94.9 Å². The van der Waals surface area contributed by atoms with Crippen molar-refractivity contribution in [1.29, 1.82) is 0 Å². The van der Waals surface area contributed by atoms with Crippen LogP contribution in [0.3, 0.4) is 0 Å². The zero-order valence-corrected chi connectivity index (χ0v) is 9.19. The lowest BCUT2D eigenvalue weighted by molar-refractivity contribution is 0.463. The molecule has 0 bridgehead atoms. The molecular formula is C13H15N3. The summed E-state index contributed by atoms with van der Waals surface area (Å²) in [5.74, 6) is 0.592. The highest BCUT2D eigenvalue weighted by Gasteiger charge is 2.17. The largest absolute Gasteiger partial charge is 0.316 e. The third-order valence-electron chi connectivity index (χ3n) is 3.33. The van der Waals surface area contributed by atoms with Crippen LogP contribution in [0.1, 0.15) is 24.3 Å². The van der Waals surface area contributed by atoms with Crippen molar-refractivity contribution in [2.75, 3.05) is 13.1 Å². The van der Waals surface area contributed by atoms with Crippen LogP contribution in [0.25, 0.3) is 10.8 Å². The number of hydrogen-bond donors (Lipinski definition) is 1. The molecule has 82 valence electrons. The normalized spacial score (nSPS) is 21.1. The topological polar surface area (TPSA) is 37.8 Å². The minimum atomic E-state index is 0.592. The van der Waals surface area contributed by atoms with Gasteiger partial charge >= 0.3 is 0 Å². The summed E-state index contributed by atoms with van der Waals surface area (Å²) in [7, 11) is 0. The van der Waals surface area contributed by atoms with Crippen LogP contribution in [0, 0.1) is 0 Å². The van der Waals surface area contributed by atoms with Gasteiger partial charge in [-0.15, -0.1) is 0 Å². The van der Waals surface area contributed by atoms with Crippen LogP contribution in [0.15, 0.2) is 30.9 Å². The molecule has 3 nitrogen and oxygen atoms in total. The van der Waals surface area contributed by atoms with Gasteiger partial charge in [-0.05, 0) is 36.9 Å². The lowest BCUT2D eigenvalue weighted by atomic mass is 9.90. The van der Waals surface area contributed by atoms with Crippen molar-refractivity contribution in [3.8, 4) is 0 Å². The fourth-order valence-corrected chi connectivity index (χ4v) is 2.47. The molecule has 1 aliphatic heterocycles. The van der Waals surface area contributed by atoms with Gasteiger partial charge in [-0.25, -0.2) is 0 Å². The van der Waals surface area contributed by atoms with Crippen LogP contribution >= 0.6 is 0 Å². The van der Waals surface area contributed by atoms with Crippen LogP contribution in [0.5, 0.6) is 0 Å². The second kappa shape index (κ2) is 4.18. The molecule has 1 unspecified atom stereocenters. The Morgan fingerprint density at radius 1 is 1.19 bits per heavy atom. The zero-order chi connectivity index (χ0) is 10.8. The van der Waals surface area contributed by atoms with E-state index in [4.69, 9.17) is 0 Å². The highest BCUT2D eigenvalue weighted by Crippen LogP contribution is 2.28. The van der Waals surface area contributed by atoms with Gasteiger partial charge in [-0.1, -0.05) is 0 Å². The molecule has 1 aliphatic rings. The third-order valence-corrected chi connectivity index (χ3v) is 3.33. The van der Waals surface area contributed by atoms with Gasteiger partial charge < -0.3 is 5.32 Å². The molecule has 0 radical (unpaired) electrons. The van der Waals surface area contributed by atoms with Gasteiger partial charge in [0.2, 0.25) is 0 Å². The Kier molecular flexibility index (Phi) is 2.54. The van der Waals surface area contributed by atoms with Crippen molar-refractivity contribution < 1.29 is 0 Å². The van der Waals surface area contributed by atoms with Crippen molar-refractivity contribution in [1.82, 2.24) is 15.3 Å². The van der Waals surface area contributed by atoms with Crippen LogP contribution in [-0.4, -0.2) is 23.1 Å². The lowest BCUT2D eigenvalue weighted by Gasteiger charge is -2.23. The van der Waals surface area contributed by atoms with E-state index in [1.54, 1.807) is 0 Å². The van der Waals surface area contributed by atoms with E-state index < -0.39 is 0 Å². The molecule has 0 aliphatic carbocycles. The van der Waals surface area contributed by atoms with E-state index >= 15 is 0 Å². The Morgan fingerprint density at radius 2 is 2.19 bits per heavy atom. The maximum absolute atomic E-state index is 4.33. The number of piperidine rings is 1. The van der Waals surface area contributed by atoms with E-state index in [2.05, 4.69) is 15.3 Å². The van der Waals surface area contributed by atoms with E-state index in [0.717, 1.165) is 13.1 Å². The van der Waals surface area contributed by atoms with Gasteiger partial charge in [0.15, 0.2) is 0 Å². The van der Waals surface area contributed by atoms with Crippen molar-refractivity contribution in [2.45, 2.75) is 18.8 Å². The molecule has 0 saturated carbocycles. The van der Waals surface area contributed by atoms with E-state index in [1.165, 1.54) is 29.2 Å². The van der Waals surface area contributed by atoms with Crippen molar-refractivity contribution in [3.63, 3.8) is 0 Å². The Morgan fingerprint density at radius 3 is 3.06 bits per heavy atom. The van der Waals surface area contributed by atoms with E-state index in [0.29, 0.717) is 5.92 Å². The monoisotopic (exact) mass is 213 g/mol. The summed E-state index contributed by atoms with van der Waals surface area (Å²) in [4.78, 5) is 8.55. The Hall–Kier alpha value is -1.48. The lowest BCUT2D eigenvalue weighted by Crippen LogP contribution is -2.28. The van der Waals surface area contributed by atoms with Crippen molar-refractivity contribution >= 4 is 10.8 Å². The third kappa shape index (κ3) is 1.67. The van der Waals surface area contributed by atoms with Gasteiger partial charge in [0.1, 0.15) is 0 Å². The molecule has 2 aromatic rings. The van der Waals surface area contributed by atoms with E-state index in [-0.39, 0.29) is 0 Å². The van der Waals surface area contributed by atoms with Crippen LogP contribution < -0.4 is 5.32 Å². The zero-order valence-electron chi connectivity index (χ0n) is 9.19.